The summed E-state index contributed by atoms with van der Waals surface area (Å²) in [5.41, 5.74) is 5.00. The molecule has 0 unspecified atom stereocenters. The van der Waals surface area contributed by atoms with Gasteiger partial charge in [-0.1, -0.05) is 0 Å². The Kier molecular flexibility index (Phi) is 3.74. The highest BCUT2D eigenvalue weighted by molar-refractivity contribution is 6.29. The van der Waals surface area contributed by atoms with Gasteiger partial charge in [0.05, 0.1) is 6.54 Å². The summed E-state index contributed by atoms with van der Waals surface area (Å²) in [6.07, 6.45) is 0. The van der Waals surface area contributed by atoms with Crippen molar-refractivity contribution in [1.82, 2.24) is 4.90 Å². The molecule has 2 amide bonds. The lowest BCUT2D eigenvalue weighted by Gasteiger charge is -2.17. The van der Waals surface area contributed by atoms with Gasteiger partial charge in [0.15, 0.2) is 11.0 Å². The van der Waals surface area contributed by atoms with E-state index in [1.54, 1.807) is 6.92 Å². The molecule has 1 aromatic heterocycles. The Morgan fingerprint density at radius 3 is 2.60 bits per heavy atom. The molecule has 0 fully saturated rings. The van der Waals surface area contributed by atoms with E-state index in [-0.39, 0.29) is 17.5 Å². The maximum Gasteiger partial charge on any atom is 0.290 e. The van der Waals surface area contributed by atoms with Crippen LogP contribution in [0.25, 0.3) is 0 Å². The van der Waals surface area contributed by atoms with Gasteiger partial charge in [0.2, 0.25) is 5.91 Å². The molecule has 0 spiro atoms. The molecule has 82 valence electrons. The number of amides is 2. The largest absolute Gasteiger partial charge is 0.440 e. The molecule has 5 nitrogen and oxygen atoms in total. The Balaban J connectivity index is 2.77. The number of hydrogen-bond donors (Lipinski definition) is 1. The summed E-state index contributed by atoms with van der Waals surface area (Å²) < 4.78 is 4.93. The molecule has 1 aromatic rings. The fourth-order valence-corrected chi connectivity index (χ4v) is 1.25. The first-order valence-corrected chi connectivity index (χ1v) is 4.75. The first kappa shape index (κ1) is 11.6. The molecule has 1 heterocycles. The van der Waals surface area contributed by atoms with Crippen molar-refractivity contribution in [3.8, 4) is 0 Å². The molecular formula is C9H11ClN2O3. The van der Waals surface area contributed by atoms with Crippen LogP contribution in [0.5, 0.6) is 0 Å². The topological polar surface area (TPSA) is 76.5 Å². The standard InChI is InChI=1S/C9H11ClN2O3/c1-2-12(5-8(11)13)9(14)6-3-4-7(10)15-6/h3-4H,2,5H2,1H3,(H2,11,13). The number of primary amides is 1. The molecule has 0 atom stereocenters. The lowest BCUT2D eigenvalue weighted by atomic mass is 10.3. The maximum atomic E-state index is 11.7. The van der Waals surface area contributed by atoms with Gasteiger partial charge in [-0.3, -0.25) is 9.59 Å². The lowest BCUT2D eigenvalue weighted by molar-refractivity contribution is -0.118. The van der Waals surface area contributed by atoms with Gasteiger partial charge in [0.1, 0.15) is 0 Å². The molecular weight excluding hydrogens is 220 g/mol. The predicted octanol–water partition coefficient (Wildman–Crippen LogP) is 0.880. The number of furan rings is 1. The van der Waals surface area contributed by atoms with Crippen LogP contribution in [0, 0.1) is 0 Å². The van der Waals surface area contributed by atoms with Crippen LogP contribution >= 0.6 is 11.6 Å². The Bertz CT molecular complexity index is 375. The quantitative estimate of drug-likeness (QED) is 0.834. The number of hydrogen-bond acceptors (Lipinski definition) is 3. The van der Waals surface area contributed by atoms with Crippen LogP contribution in [0.2, 0.25) is 5.22 Å². The average Bonchev–Trinajstić information content (AvgIpc) is 2.60. The highest BCUT2D eigenvalue weighted by atomic mass is 35.5. The number of nitrogens with zero attached hydrogens (tertiary/aromatic N) is 1. The van der Waals surface area contributed by atoms with E-state index in [0.717, 1.165) is 0 Å². The molecule has 0 aliphatic rings. The van der Waals surface area contributed by atoms with E-state index in [2.05, 4.69) is 0 Å². The maximum absolute atomic E-state index is 11.7. The number of carbonyl (C=O) groups is 2. The van der Waals surface area contributed by atoms with Gasteiger partial charge in [-0.25, -0.2) is 0 Å². The molecule has 2 N–H and O–H groups in total. The van der Waals surface area contributed by atoms with Crippen LogP contribution in [0.4, 0.5) is 0 Å². The van der Waals surface area contributed by atoms with Crippen LogP contribution in [0.1, 0.15) is 17.5 Å². The van der Waals surface area contributed by atoms with E-state index >= 15 is 0 Å². The molecule has 0 bridgehead atoms. The molecule has 0 saturated carbocycles. The minimum absolute atomic E-state index is 0.100. The van der Waals surface area contributed by atoms with Crippen LogP contribution in [-0.2, 0) is 4.79 Å². The van der Waals surface area contributed by atoms with Crippen molar-refractivity contribution in [1.29, 1.82) is 0 Å². The van der Waals surface area contributed by atoms with Crippen molar-refractivity contribution in [3.05, 3.63) is 23.1 Å². The third-order valence-electron chi connectivity index (χ3n) is 1.80. The molecule has 1 rings (SSSR count). The van der Waals surface area contributed by atoms with Crippen molar-refractivity contribution >= 4 is 23.4 Å². The summed E-state index contributed by atoms with van der Waals surface area (Å²) >= 11 is 5.53. The van der Waals surface area contributed by atoms with E-state index in [9.17, 15) is 9.59 Å². The third-order valence-corrected chi connectivity index (χ3v) is 2.00. The fraction of sp³-hybridized carbons (Fsp3) is 0.333. The molecule has 0 radical (unpaired) electrons. The Morgan fingerprint density at radius 2 is 2.20 bits per heavy atom. The van der Waals surface area contributed by atoms with E-state index in [1.807, 2.05) is 0 Å². The zero-order chi connectivity index (χ0) is 11.4. The van der Waals surface area contributed by atoms with Crippen molar-refractivity contribution in [2.24, 2.45) is 5.73 Å². The Morgan fingerprint density at radius 1 is 1.53 bits per heavy atom. The summed E-state index contributed by atoms with van der Waals surface area (Å²) in [5, 5.41) is 0.133. The molecule has 6 heteroatoms. The van der Waals surface area contributed by atoms with Crippen molar-refractivity contribution in [3.63, 3.8) is 0 Å². The second-order valence-electron chi connectivity index (χ2n) is 2.89. The number of carbonyl (C=O) groups excluding carboxylic acids is 2. The van der Waals surface area contributed by atoms with Gasteiger partial charge in [-0.2, -0.15) is 0 Å². The first-order chi connectivity index (χ1) is 7.04. The van der Waals surface area contributed by atoms with E-state index in [4.69, 9.17) is 21.8 Å². The van der Waals surface area contributed by atoms with E-state index in [0.29, 0.717) is 6.54 Å². The minimum Gasteiger partial charge on any atom is -0.440 e. The van der Waals surface area contributed by atoms with Gasteiger partial charge in [-0.05, 0) is 30.7 Å². The van der Waals surface area contributed by atoms with Crippen LogP contribution in [0.15, 0.2) is 16.5 Å². The van der Waals surface area contributed by atoms with Crippen molar-refractivity contribution in [2.45, 2.75) is 6.92 Å². The molecule has 0 saturated heterocycles. The summed E-state index contributed by atoms with van der Waals surface area (Å²) in [7, 11) is 0. The van der Waals surface area contributed by atoms with Crippen LogP contribution in [-0.4, -0.2) is 29.8 Å². The average molecular weight is 231 g/mol. The minimum atomic E-state index is -0.567. The highest BCUT2D eigenvalue weighted by Gasteiger charge is 2.18. The number of halogens is 1. The fourth-order valence-electron chi connectivity index (χ4n) is 1.10. The third kappa shape index (κ3) is 2.99. The second kappa shape index (κ2) is 4.84. The SMILES string of the molecule is CCN(CC(N)=O)C(=O)c1ccc(Cl)o1. The Hall–Kier alpha value is -1.49. The summed E-state index contributed by atoms with van der Waals surface area (Å²) in [6, 6.07) is 2.92. The predicted molar refractivity (Wildman–Crippen MR) is 54.5 cm³/mol. The van der Waals surface area contributed by atoms with Gasteiger partial charge in [0, 0.05) is 6.54 Å². The smallest absolute Gasteiger partial charge is 0.290 e. The van der Waals surface area contributed by atoms with E-state index in [1.165, 1.54) is 17.0 Å². The van der Waals surface area contributed by atoms with Crippen molar-refractivity contribution in [2.75, 3.05) is 13.1 Å². The van der Waals surface area contributed by atoms with E-state index < -0.39 is 11.8 Å². The molecule has 15 heavy (non-hydrogen) atoms. The van der Waals surface area contributed by atoms with Crippen molar-refractivity contribution < 1.29 is 14.0 Å². The lowest BCUT2D eigenvalue weighted by Crippen LogP contribution is -2.38. The summed E-state index contributed by atoms with van der Waals surface area (Å²) in [5.74, 6) is -0.867. The first-order valence-electron chi connectivity index (χ1n) is 4.37. The van der Waals surface area contributed by atoms with Crippen LogP contribution < -0.4 is 5.73 Å². The van der Waals surface area contributed by atoms with Gasteiger partial charge >= 0.3 is 0 Å². The normalized spacial score (nSPS) is 10.0. The monoisotopic (exact) mass is 230 g/mol. The summed E-state index contributed by atoms with van der Waals surface area (Å²) in [4.78, 5) is 23.6. The molecule has 0 aromatic carbocycles. The number of rotatable bonds is 4. The number of nitrogens with two attached hydrogens (primary N) is 1. The van der Waals surface area contributed by atoms with Gasteiger partial charge in [-0.15, -0.1) is 0 Å². The van der Waals surface area contributed by atoms with Gasteiger partial charge < -0.3 is 15.1 Å². The summed E-state index contributed by atoms with van der Waals surface area (Å²) in [6.45, 7) is 1.99. The zero-order valence-corrected chi connectivity index (χ0v) is 8.95. The van der Waals surface area contributed by atoms with Crippen LogP contribution in [0.3, 0.4) is 0 Å². The highest BCUT2D eigenvalue weighted by Crippen LogP contribution is 2.14. The van der Waals surface area contributed by atoms with Gasteiger partial charge in [0.25, 0.3) is 5.91 Å². The number of likely N-dealkylation sites (N-methyl/N-ethyl adjacent to an activating group) is 1. The molecule has 0 aliphatic heterocycles. The Labute approximate surface area is 91.8 Å². The molecule has 0 aliphatic carbocycles. The second-order valence-corrected chi connectivity index (χ2v) is 3.26. The zero-order valence-electron chi connectivity index (χ0n) is 8.20.